The molecule has 0 saturated heterocycles. The van der Waals surface area contributed by atoms with Crippen LogP contribution in [-0.2, 0) is 6.42 Å². The Hall–Kier alpha value is -1.33. The molecule has 2 N–H and O–H groups in total. The van der Waals surface area contributed by atoms with Crippen molar-refractivity contribution in [3.05, 3.63) is 50.6 Å². The van der Waals surface area contributed by atoms with Crippen molar-refractivity contribution in [2.45, 2.75) is 19.4 Å². The molecule has 0 bridgehead atoms. The van der Waals surface area contributed by atoms with Gasteiger partial charge in [-0.1, -0.05) is 15.9 Å². The first-order valence-corrected chi connectivity index (χ1v) is 7.60. The number of thiophene rings is 1. The number of aromatic carboxylic acids is 1. The second-order valence-electron chi connectivity index (χ2n) is 4.38. The van der Waals surface area contributed by atoms with Crippen molar-refractivity contribution >= 4 is 38.9 Å². The van der Waals surface area contributed by atoms with Gasteiger partial charge in [-0.05, 0) is 53.9 Å². The summed E-state index contributed by atoms with van der Waals surface area (Å²) in [6.45, 7) is 2.05. The highest BCUT2D eigenvalue weighted by Crippen LogP contribution is 2.23. The molecule has 1 aromatic carbocycles. The van der Waals surface area contributed by atoms with Gasteiger partial charge in [0.1, 0.15) is 0 Å². The Labute approximate surface area is 124 Å². The number of anilines is 1. The SMILES string of the molecule is CC(Cc1ccsc1)Nc1cc(Br)ccc1C(=O)O. The Morgan fingerprint density at radius 2 is 2.26 bits per heavy atom. The van der Waals surface area contributed by atoms with Crippen LogP contribution in [0.3, 0.4) is 0 Å². The van der Waals surface area contributed by atoms with Gasteiger partial charge in [0, 0.05) is 10.5 Å². The van der Waals surface area contributed by atoms with Crippen molar-refractivity contribution in [3.63, 3.8) is 0 Å². The maximum absolute atomic E-state index is 11.2. The van der Waals surface area contributed by atoms with Gasteiger partial charge >= 0.3 is 5.97 Å². The van der Waals surface area contributed by atoms with Gasteiger partial charge in [0.15, 0.2) is 0 Å². The highest BCUT2D eigenvalue weighted by molar-refractivity contribution is 9.10. The number of rotatable bonds is 5. The van der Waals surface area contributed by atoms with Crippen LogP contribution in [0.15, 0.2) is 39.5 Å². The number of carboxylic acids is 1. The quantitative estimate of drug-likeness (QED) is 0.855. The van der Waals surface area contributed by atoms with Crippen LogP contribution >= 0.6 is 27.3 Å². The first-order valence-electron chi connectivity index (χ1n) is 5.86. The minimum atomic E-state index is -0.919. The van der Waals surface area contributed by atoms with Gasteiger partial charge in [-0.25, -0.2) is 4.79 Å². The highest BCUT2D eigenvalue weighted by atomic mass is 79.9. The molecule has 19 heavy (non-hydrogen) atoms. The topological polar surface area (TPSA) is 49.3 Å². The number of hydrogen-bond acceptors (Lipinski definition) is 3. The molecule has 100 valence electrons. The molecule has 2 rings (SSSR count). The minimum Gasteiger partial charge on any atom is -0.478 e. The number of carboxylic acid groups (broad SMARTS) is 1. The molecule has 1 atom stereocenters. The van der Waals surface area contributed by atoms with Crippen LogP contribution in [0, 0.1) is 0 Å². The standard InChI is InChI=1S/C14H14BrNO2S/c1-9(6-10-4-5-19-8-10)16-13-7-11(15)2-3-12(13)14(17)18/h2-5,7-9,16H,6H2,1H3,(H,17,18). The van der Waals surface area contributed by atoms with Crippen molar-refractivity contribution < 1.29 is 9.90 Å². The summed E-state index contributed by atoms with van der Waals surface area (Å²) in [5, 5.41) is 16.6. The predicted molar refractivity (Wildman–Crippen MR) is 82.2 cm³/mol. The van der Waals surface area contributed by atoms with E-state index >= 15 is 0 Å². The fourth-order valence-corrected chi connectivity index (χ4v) is 2.94. The van der Waals surface area contributed by atoms with Crippen LogP contribution in [0.4, 0.5) is 5.69 Å². The summed E-state index contributed by atoms with van der Waals surface area (Å²) in [5.74, 6) is -0.919. The fourth-order valence-electron chi connectivity index (χ4n) is 1.90. The van der Waals surface area contributed by atoms with E-state index in [1.165, 1.54) is 5.56 Å². The fraction of sp³-hybridized carbons (Fsp3) is 0.214. The molecule has 2 aromatic rings. The molecule has 1 unspecified atom stereocenters. The summed E-state index contributed by atoms with van der Waals surface area (Å²) >= 11 is 5.03. The third-order valence-corrected chi connectivity index (χ3v) is 3.96. The Balaban J connectivity index is 2.13. The van der Waals surface area contributed by atoms with Crippen LogP contribution < -0.4 is 5.32 Å². The van der Waals surface area contributed by atoms with Crippen LogP contribution in [0.25, 0.3) is 0 Å². The largest absolute Gasteiger partial charge is 0.478 e. The molecule has 0 fully saturated rings. The maximum Gasteiger partial charge on any atom is 0.337 e. The Kier molecular flexibility index (Phi) is 4.61. The molecule has 0 amide bonds. The Morgan fingerprint density at radius 3 is 2.89 bits per heavy atom. The number of benzene rings is 1. The second kappa shape index (κ2) is 6.21. The molecule has 1 aromatic heterocycles. The van der Waals surface area contributed by atoms with E-state index in [0.29, 0.717) is 11.3 Å². The lowest BCUT2D eigenvalue weighted by atomic mass is 10.1. The van der Waals surface area contributed by atoms with Gasteiger partial charge in [0.2, 0.25) is 0 Å². The molecule has 0 aliphatic heterocycles. The summed E-state index contributed by atoms with van der Waals surface area (Å²) in [7, 11) is 0. The normalized spacial score (nSPS) is 12.1. The number of nitrogens with one attached hydrogen (secondary N) is 1. The summed E-state index contributed by atoms with van der Waals surface area (Å²) < 4.78 is 0.864. The van der Waals surface area contributed by atoms with E-state index in [1.807, 2.05) is 12.3 Å². The minimum absolute atomic E-state index is 0.169. The van der Waals surface area contributed by atoms with Crippen molar-refractivity contribution in [2.75, 3.05) is 5.32 Å². The van der Waals surface area contributed by atoms with E-state index in [-0.39, 0.29) is 6.04 Å². The lowest BCUT2D eigenvalue weighted by Crippen LogP contribution is -2.19. The molecule has 0 radical (unpaired) electrons. The average molecular weight is 340 g/mol. The van der Waals surface area contributed by atoms with Crippen LogP contribution in [-0.4, -0.2) is 17.1 Å². The second-order valence-corrected chi connectivity index (χ2v) is 6.07. The Morgan fingerprint density at radius 1 is 1.47 bits per heavy atom. The number of halogens is 1. The first kappa shape index (κ1) is 14.1. The third-order valence-electron chi connectivity index (χ3n) is 2.74. The van der Waals surface area contributed by atoms with Gasteiger partial charge in [0.05, 0.1) is 11.3 Å². The average Bonchev–Trinajstić information content (AvgIpc) is 2.81. The van der Waals surface area contributed by atoms with Gasteiger partial charge < -0.3 is 10.4 Å². The van der Waals surface area contributed by atoms with Gasteiger partial charge in [-0.3, -0.25) is 0 Å². The number of hydrogen-bond donors (Lipinski definition) is 2. The van der Waals surface area contributed by atoms with E-state index in [2.05, 4.69) is 32.7 Å². The number of carbonyl (C=O) groups is 1. The van der Waals surface area contributed by atoms with Gasteiger partial charge in [-0.15, -0.1) is 0 Å². The van der Waals surface area contributed by atoms with Gasteiger partial charge in [0.25, 0.3) is 0 Å². The zero-order valence-electron chi connectivity index (χ0n) is 10.4. The van der Waals surface area contributed by atoms with Gasteiger partial charge in [-0.2, -0.15) is 11.3 Å². The molecule has 0 spiro atoms. The third kappa shape index (κ3) is 3.81. The summed E-state index contributed by atoms with van der Waals surface area (Å²) in [5.41, 5.74) is 2.20. The predicted octanol–water partition coefficient (Wildman–Crippen LogP) is 4.25. The van der Waals surface area contributed by atoms with Crippen molar-refractivity contribution in [2.24, 2.45) is 0 Å². The molecule has 3 nitrogen and oxygen atoms in total. The van der Waals surface area contributed by atoms with E-state index in [1.54, 1.807) is 29.5 Å². The molecule has 1 heterocycles. The summed E-state index contributed by atoms with van der Waals surface area (Å²) in [6, 6.07) is 7.39. The van der Waals surface area contributed by atoms with Crippen molar-refractivity contribution in [1.29, 1.82) is 0 Å². The highest BCUT2D eigenvalue weighted by Gasteiger charge is 2.12. The molecular weight excluding hydrogens is 326 g/mol. The zero-order chi connectivity index (χ0) is 13.8. The van der Waals surface area contributed by atoms with E-state index in [9.17, 15) is 9.90 Å². The first-order chi connectivity index (χ1) is 9.06. The van der Waals surface area contributed by atoms with E-state index in [0.717, 1.165) is 10.9 Å². The summed E-state index contributed by atoms with van der Waals surface area (Å²) in [4.78, 5) is 11.2. The maximum atomic E-state index is 11.2. The van der Waals surface area contributed by atoms with Crippen molar-refractivity contribution in [3.8, 4) is 0 Å². The monoisotopic (exact) mass is 339 g/mol. The van der Waals surface area contributed by atoms with Crippen LogP contribution in [0.2, 0.25) is 0 Å². The molecular formula is C14H14BrNO2S. The smallest absolute Gasteiger partial charge is 0.337 e. The molecule has 5 heteroatoms. The van der Waals surface area contributed by atoms with E-state index in [4.69, 9.17) is 0 Å². The molecule has 0 aliphatic carbocycles. The lowest BCUT2D eigenvalue weighted by Gasteiger charge is -2.16. The molecule has 0 aliphatic rings. The van der Waals surface area contributed by atoms with E-state index < -0.39 is 5.97 Å². The zero-order valence-corrected chi connectivity index (χ0v) is 12.8. The Bertz CT molecular complexity index is 569. The lowest BCUT2D eigenvalue weighted by molar-refractivity contribution is 0.0698. The van der Waals surface area contributed by atoms with Crippen molar-refractivity contribution in [1.82, 2.24) is 0 Å². The van der Waals surface area contributed by atoms with Crippen LogP contribution in [0.1, 0.15) is 22.8 Å². The molecule has 0 saturated carbocycles. The summed E-state index contributed by atoms with van der Waals surface area (Å²) in [6.07, 6.45) is 0.870. The van der Waals surface area contributed by atoms with Crippen LogP contribution in [0.5, 0.6) is 0 Å².